The van der Waals surface area contributed by atoms with Crippen LogP contribution in [0.15, 0.2) is 84.0 Å². The topological polar surface area (TPSA) is 66.5 Å². The molecule has 0 saturated carbocycles. The summed E-state index contributed by atoms with van der Waals surface area (Å²) in [5.41, 5.74) is 7.10. The van der Waals surface area contributed by atoms with Gasteiger partial charge < -0.3 is 9.72 Å². The Morgan fingerprint density at radius 3 is 2.48 bits per heavy atom. The van der Waals surface area contributed by atoms with Crippen LogP contribution in [-0.2, 0) is 0 Å². The molecule has 5 nitrogen and oxygen atoms in total. The van der Waals surface area contributed by atoms with Crippen molar-refractivity contribution in [1.29, 1.82) is 0 Å². The van der Waals surface area contributed by atoms with Gasteiger partial charge in [-0.25, -0.2) is 5.43 Å². The number of hydrogen-bond acceptors (Lipinski definition) is 3. The number of H-pyrrole nitrogens is 1. The number of nitrogens with zero attached hydrogens (tertiary/aromatic N) is 1. The highest BCUT2D eigenvalue weighted by molar-refractivity contribution is 6.06. The van der Waals surface area contributed by atoms with E-state index in [2.05, 4.69) is 15.5 Å². The third-order valence-corrected chi connectivity index (χ3v) is 4.60. The molecule has 2 N–H and O–H groups in total. The number of aromatic amines is 1. The highest BCUT2D eigenvalue weighted by atomic mass is 16.5. The summed E-state index contributed by atoms with van der Waals surface area (Å²) in [6.07, 6.45) is 1.69. The SMILES string of the molecule is CCOc1ccc(C(=O)N/N=C/c2c(-c3ccccc3)[nH]c3ccccc23)cc1. The number of ether oxygens (including phenoxy) is 1. The maximum Gasteiger partial charge on any atom is 0.271 e. The molecule has 144 valence electrons. The smallest absolute Gasteiger partial charge is 0.271 e. The largest absolute Gasteiger partial charge is 0.494 e. The highest BCUT2D eigenvalue weighted by Gasteiger charge is 2.11. The first-order valence-electron chi connectivity index (χ1n) is 9.48. The van der Waals surface area contributed by atoms with Crippen LogP contribution in [0, 0.1) is 0 Å². The molecular weight excluding hydrogens is 362 g/mol. The number of hydrazone groups is 1. The normalized spacial score (nSPS) is 11.1. The average molecular weight is 383 g/mol. The third-order valence-electron chi connectivity index (χ3n) is 4.60. The number of carbonyl (C=O) groups excluding carboxylic acids is 1. The van der Waals surface area contributed by atoms with Crippen LogP contribution in [0.2, 0.25) is 0 Å². The van der Waals surface area contributed by atoms with Gasteiger partial charge in [0.15, 0.2) is 0 Å². The highest BCUT2D eigenvalue weighted by Crippen LogP contribution is 2.28. The summed E-state index contributed by atoms with van der Waals surface area (Å²) in [5, 5.41) is 5.26. The summed E-state index contributed by atoms with van der Waals surface area (Å²) in [4.78, 5) is 15.8. The van der Waals surface area contributed by atoms with Gasteiger partial charge in [0.1, 0.15) is 5.75 Å². The number of carbonyl (C=O) groups is 1. The Bertz CT molecular complexity index is 1150. The molecule has 0 aliphatic rings. The van der Waals surface area contributed by atoms with Crippen LogP contribution >= 0.6 is 0 Å². The Hall–Kier alpha value is -3.86. The molecule has 4 rings (SSSR count). The zero-order chi connectivity index (χ0) is 20.1. The molecule has 0 radical (unpaired) electrons. The number of hydrogen-bond donors (Lipinski definition) is 2. The second kappa shape index (κ2) is 8.44. The molecule has 0 atom stereocenters. The quantitative estimate of drug-likeness (QED) is 0.364. The average Bonchev–Trinajstić information content (AvgIpc) is 3.14. The number of aromatic nitrogens is 1. The van der Waals surface area contributed by atoms with E-state index in [9.17, 15) is 4.79 Å². The fourth-order valence-corrected chi connectivity index (χ4v) is 3.22. The van der Waals surface area contributed by atoms with Crippen LogP contribution in [0.1, 0.15) is 22.8 Å². The van der Waals surface area contributed by atoms with Crippen molar-refractivity contribution in [3.8, 4) is 17.0 Å². The predicted octanol–water partition coefficient (Wildman–Crippen LogP) is 5.00. The number of fused-ring (bicyclic) bond motifs is 1. The van der Waals surface area contributed by atoms with E-state index < -0.39 is 0 Å². The van der Waals surface area contributed by atoms with Gasteiger partial charge in [-0.3, -0.25) is 4.79 Å². The van der Waals surface area contributed by atoms with E-state index in [-0.39, 0.29) is 5.91 Å². The predicted molar refractivity (Wildman–Crippen MR) is 116 cm³/mol. The van der Waals surface area contributed by atoms with E-state index in [1.165, 1.54) is 0 Å². The van der Waals surface area contributed by atoms with Gasteiger partial charge in [0.2, 0.25) is 0 Å². The van der Waals surface area contributed by atoms with Gasteiger partial charge in [0.25, 0.3) is 5.91 Å². The molecule has 0 aliphatic heterocycles. The van der Waals surface area contributed by atoms with E-state index in [0.29, 0.717) is 12.2 Å². The molecule has 1 heterocycles. The summed E-state index contributed by atoms with van der Waals surface area (Å²) in [7, 11) is 0. The standard InChI is InChI=1S/C24H21N3O2/c1-2-29-19-14-12-18(13-15-19)24(28)27-25-16-21-20-10-6-7-11-22(20)26-23(21)17-8-4-3-5-9-17/h3-16,26H,2H2,1H3,(H,27,28)/b25-16+. The van der Waals surface area contributed by atoms with E-state index in [1.807, 2.05) is 61.5 Å². The molecule has 0 fully saturated rings. The van der Waals surface area contributed by atoms with Crippen LogP contribution in [0.25, 0.3) is 22.2 Å². The zero-order valence-corrected chi connectivity index (χ0v) is 16.1. The van der Waals surface area contributed by atoms with Crippen molar-refractivity contribution in [3.05, 3.63) is 90.0 Å². The van der Waals surface area contributed by atoms with E-state index in [1.54, 1.807) is 30.5 Å². The van der Waals surface area contributed by atoms with Crippen molar-refractivity contribution in [1.82, 2.24) is 10.4 Å². The summed E-state index contributed by atoms with van der Waals surface area (Å²) < 4.78 is 5.40. The van der Waals surface area contributed by atoms with Gasteiger partial charge in [-0.1, -0.05) is 48.5 Å². The van der Waals surface area contributed by atoms with Crippen LogP contribution in [0.3, 0.4) is 0 Å². The lowest BCUT2D eigenvalue weighted by Gasteiger charge is -2.04. The lowest BCUT2D eigenvalue weighted by Crippen LogP contribution is -2.17. The Kier molecular flexibility index (Phi) is 5.38. The molecule has 5 heteroatoms. The second-order valence-electron chi connectivity index (χ2n) is 6.48. The Morgan fingerprint density at radius 2 is 1.72 bits per heavy atom. The molecule has 1 amide bonds. The molecule has 0 unspecified atom stereocenters. The summed E-state index contributed by atoms with van der Waals surface area (Å²) in [6.45, 7) is 2.51. The van der Waals surface area contributed by atoms with Gasteiger partial charge in [0, 0.05) is 22.0 Å². The minimum Gasteiger partial charge on any atom is -0.494 e. The number of nitrogens with one attached hydrogen (secondary N) is 2. The molecule has 0 aliphatic carbocycles. The van der Waals surface area contributed by atoms with Crippen LogP contribution in [0.4, 0.5) is 0 Å². The zero-order valence-electron chi connectivity index (χ0n) is 16.1. The van der Waals surface area contributed by atoms with Crippen LogP contribution in [0.5, 0.6) is 5.75 Å². The maximum atomic E-state index is 12.4. The Labute approximate surface area is 169 Å². The van der Waals surface area contributed by atoms with E-state index in [4.69, 9.17) is 4.74 Å². The van der Waals surface area contributed by atoms with E-state index >= 15 is 0 Å². The van der Waals surface area contributed by atoms with E-state index in [0.717, 1.165) is 33.5 Å². The molecular formula is C24H21N3O2. The Balaban J connectivity index is 1.58. The summed E-state index contributed by atoms with van der Waals surface area (Å²) in [5.74, 6) is 0.462. The minimum absolute atomic E-state index is 0.273. The number of benzene rings is 3. The lowest BCUT2D eigenvalue weighted by atomic mass is 10.1. The van der Waals surface area contributed by atoms with Gasteiger partial charge in [-0.2, -0.15) is 5.10 Å². The van der Waals surface area contributed by atoms with Gasteiger partial charge in [-0.05, 0) is 42.8 Å². The molecule has 0 bridgehead atoms. The van der Waals surface area contributed by atoms with Crippen molar-refractivity contribution < 1.29 is 9.53 Å². The van der Waals surface area contributed by atoms with Crippen molar-refractivity contribution in [3.63, 3.8) is 0 Å². The molecule has 1 aromatic heterocycles. The van der Waals surface area contributed by atoms with Gasteiger partial charge in [-0.15, -0.1) is 0 Å². The first kappa shape index (κ1) is 18.5. The van der Waals surface area contributed by atoms with Crippen molar-refractivity contribution in [2.75, 3.05) is 6.61 Å². The fraction of sp³-hybridized carbons (Fsp3) is 0.0833. The van der Waals surface area contributed by atoms with Gasteiger partial charge in [0.05, 0.1) is 18.5 Å². The fourth-order valence-electron chi connectivity index (χ4n) is 3.22. The molecule has 4 aromatic rings. The number of rotatable bonds is 6. The maximum absolute atomic E-state index is 12.4. The summed E-state index contributed by atoms with van der Waals surface area (Å²) >= 11 is 0. The monoisotopic (exact) mass is 383 g/mol. The van der Waals surface area contributed by atoms with Crippen molar-refractivity contribution in [2.45, 2.75) is 6.92 Å². The third kappa shape index (κ3) is 4.04. The molecule has 29 heavy (non-hydrogen) atoms. The molecule has 0 saturated heterocycles. The van der Waals surface area contributed by atoms with Crippen molar-refractivity contribution >= 4 is 23.0 Å². The van der Waals surface area contributed by atoms with Crippen molar-refractivity contribution in [2.24, 2.45) is 5.10 Å². The van der Waals surface area contributed by atoms with Crippen LogP contribution < -0.4 is 10.2 Å². The summed E-state index contributed by atoms with van der Waals surface area (Å²) in [6, 6.07) is 25.1. The molecule has 3 aromatic carbocycles. The first-order chi connectivity index (χ1) is 14.3. The number of amides is 1. The minimum atomic E-state index is -0.273. The van der Waals surface area contributed by atoms with Gasteiger partial charge >= 0.3 is 0 Å². The Morgan fingerprint density at radius 1 is 1.00 bits per heavy atom. The first-order valence-corrected chi connectivity index (χ1v) is 9.48. The van der Waals surface area contributed by atoms with Crippen LogP contribution in [-0.4, -0.2) is 23.7 Å². The lowest BCUT2D eigenvalue weighted by molar-refractivity contribution is 0.0955. The molecule has 0 spiro atoms. The second-order valence-corrected chi connectivity index (χ2v) is 6.48. The number of para-hydroxylation sites is 1.